The van der Waals surface area contributed by atoms with Crippen molar-refractivity contribution in [2.45, 2.75) is 51.0 Å². The fourth-order valence-corrected chi connectivity index (χ4v) is 3.07. The second-order valence-corrected chi connectivity index (χ2v) is 5.83. The number of nitrogens with one attached hydrogen (secondary N) is 1. The van der Waals surface area contributed by atoms with Crippen LogP contribution in [0.3, 0.4) is 0 Å². The molecule has 2 N–H and O–H groups in total. The number of amides is 1. The van der Waals surface area contributed by atoms with Gasteiger partial charge in [0.1, 0.15) is 0 Å². The molecule has 1 saturated carbocycles. The Morgan fingerprint density at radius 2 is 2.00 bits per heavy atom. The monoisotopic (exact) mass is 289 g/mol. The van der Waals surface area contributed by atoms with E-state index in [9.17, 15) is 9.59 Å². The summed E-state index contributed by atoms with van der Waals surface area (Å²) in [5.74, 6) is -0.793. The van der Waals surface area contributed by atoms with E-state index >= 15 is 0 Å². The Morgan fingerprint density at radius 1 is 1.29 bits per heavy atom. The molecule has 1 aliphatic carbocycles. The normalized spacial score (nSPS) is 22.7. The maximum atomic E-state index is 12.2. The first-order valence-electron chi connectivity index (χ1n) is 7.67. The van der Waals surface area contributed by atoms with Crippen LogP contribution in [0.2, 0.25) is 0 Å². The van der Waals surface area contributed by atoms with Crippen molar-refractivity contribution in [2.75, 3.05) is 0 Å². The molecule has 0 saturated heterocycles. The molecule has 0 aromatic heterocycles. The van der Waals surface area contributed by atoms with Gasteiger partial charge in [-0.15, -0.1) is 0 Å². The number of benzene rings is 1. The molecule has 0 bridgehead atoms. The molecule has 0 heterocycles. The molecule has 1 aliphatic rings. The van der Waals surface area contributed by atoms with Gasteiger partial charge in [0.2, 0.25) is 5.91 Å². The predicted octanol–water partition coefficient (Wildman–Crippen LogP) is 2.94. The smallest absolute Gasteiger partial charge is 0.306 e. The number of carboxylic acid groups (broad SMARTS) is 1. The van der Waals surface area contributed by atoms with E-state index in [-0.39, 0.29) is 23.8 Å². The Bertz CT molecular complexity index is 486. The molecule has 0 radical (unpaired) electrons. The summed E-state index contributed by atoms with van der Waals surface area (Å²) in [5, 5.41) is 12.0. The van der Waals surface area contributed by atoms with Crippen molar-refractivity contribution in [3.8, 4) is 0 Å². The number of hydrogen-bond donors (Lipinski definition) is 2. The predicted molar refractivity (Wildman–Crippen MR) is 81.0 cm³/mol. The molecule has 3 atom stereocenters. The van der Waals surface area contributed by atoms with Crippen molar-refractivity contribution in [1.82, 2.24) is 5.32 Å². The molecule has 1 aromatic rings. The van der Waals surface area contributed by atoms with Gasteiger partial charge in [0.15, 0.2) is 0 Å². The average Bonchev–Trinajstić information content (AvgIpc) is 2.94. The van der Waals surface area contributed by atoms with Gasteiger partial charge in [-0.05, 0) is 37.2 Å². The third-order valence-corrected chi connectivity index (χ3v) is 4.34. The van der Waals surface area contributed by atoms with Gasteiger partial charge in [-0.2, -0.15) is 0 Å². The van der Waals surface area contributed by atoms with Gasteiger partial charge in [0.25, 0.3) is 0 Å². The van der Waals surface area contributed by atoms with Crippen LogP contribution < -0.4 is 5.32 Å². The summed E-state index contributed by atoms with van der Waals surface area (Å²) in [5.41, 5.74) is 1.19. The van der Waals surface area contributed by atoms with Gasteiger partial charge >= 0.3 is 5.97 Å². The number of carbonyl (C=O) groups is 2. The summed E-state index contributed by atoms with van der Waals surface area (Å²) in [7, 11) is 0. The molecule has 1 unspecified atom stereocenters. The highest BCUT2D eigenvalue weighted by Crippen LogP contribution is 2.27. The van der Waals surface area contributed by atoms with E-state index in [1.165, 1.54) is 5.56 Å². The van der Waals surface area contributed by atoms with Gasteiger partial charge in [0.05, 0.1) is 5.92 Å². The fraction of sp³-hybridized carbons (Fsp3) is 0.529. The Labute approximate surface area is 125 Å². The van der Waals surface area contributed by atoms with E-state index in [2.05, 4.69) is 24.4 Å². The lowest BCUT2D eigenvalue weighted by Gasteiger charge is -2.17. The second-order valence-electron chi connectivity index (χ2n) is 5.83. The number of hydrogen-bond acceptors (Lipinski definition) is 2. The van der Waals surface area contributed by atoms with Crippen molar-refractivity contribution < 1.29 is 14.7 Å². The first-order chi connectivity index (χ1) is 10.1. The molecule has 1 amide bonds. The Balaban J connectivity index is 1.85. The third kappa shape index (κ3) is 4.31. The molecule has 21 heavy (non-hydrogen) atoms. The third-order valence-electron chi connectivity index (χ3n) is 4.34. The van der Waals surface area contributed by atoms with E-state index in [0.29, 0.717) is 19.3 Å². The summed E-state index contributed by atoms with van der Waals surface area (Å²) in [6.45, 7) is 2.08. The second kappa shape index (κ2) is 7.25. The van der Waals surface area contributed by atoms with Crippen LogP contribution in [0.5, 0.6) is 0 Å². The Hall–Kier alpha value is -1.84. The molecular formula is C17H23NO3. The lowest BCUT2D eigenvalue weighted by atomic mass is 9.93. The Kier molecular flexibility index (Phi) is 5.37. The summed E-state index contributed by atoms with van der Waals surface area (Å²) in [4.78, 5) is 23.1. The van der Waals surface area contributed by atoms with E-state index in [1.54, 1.807) is 0 Å². The molecule has 4 nitrogen and oxygen atoms in total. The van der Waals surface area contributed by atoms with Crippen LogP contribution in [0.15, 0.2) is 30.3 Å². The van der Waals surface area contributed by atoms with E-state index < -0.39 is 5.97 Å². The molecule has 2 rings (SSSR count). The lowest BCUT2D eigenvalue weighted by Crippen LogP contribution is -2.34. The zero-order valence-corrected chi connectivity index (χ0v) is 12.4. The van der Waals surface area contributed by atoms with E-state index in [1.807, 2.05) is 18.2 Å². The standard InChI is InChI=1S/C17H23NO3/c1-2-12(13-6-4-3-5-7-13)11-16(19)18-15-9-8-14(10-15)17(20)21/h3-7,12,14-15H,2,8-11H2,1H3,(H,18,19)(H,20,21)/t12?,14-,15+/m0/s1. The highest BCUT2D eigenvalue weighted by molar-refractivity contribution is 5.77. The van der Waals surface area contributed by atoms with Gasteiger partial charge in [-0.1, -0.05) is 37.3 Å². The van der Waals surface area contributed by atoms with E-state index in [4.69, 9.17) is 5.11 Å². The quantitative estimate of drug-likeness (QED) is 0.846. The highest BCUT2D eigenvalue weighted by Gasteiger charge is 2.30. The maximum Gasteiger partial charge on any atom is 0.306 e. The number of aliphatic carboxylic acids is 1. The first-order valence-corrected chi connectivity index (χ1v) is 7.67. The molecule has 0 spiro atoms. The fourth-order valence-electron chi connectivity index (χ4n) is 3.07. The number of carboxylic acids is 1. The van der Waals surface area contributed by atoms with Gasteiger partial charge in [-0.3, -0.25) is 9.59 Å². The summed E-state index contributed by atoms with van der Waals surface area (Å²) < 4.78 is 0. The molecule has 4 heteroatoms. The first kappa shape index (κ1) is 15.5. The zero-order valence-electron chi connectivity index (χ0n) is 12.4. The summed E-state index contributed by atoms with van der Waals surface area (Å²) >= 11 is 0. The Morgan fingerprint density at radius 3 is 2.57 bits per heavy atom. The highest BCUT2D eigenvalue weighted by atomic mass is 16.4. The van der Waals surface area contributed by atoms with Crippen molar-refractivity contribution in [1.29, 1.82) is 0 Å². The number of rotatable bonds is 6. The van der Waals surface area contributed by atoms with Crippen LogP contribution in [-0.2, 0) is 9.59 Å². The van der Waals surface area contributed by atoms with Crippen LogP contribution in [-0.4, -0.2) is 23.0 Å². The van der Waals surface area contributed by atoms with Crippen molar-refractivity contribution in [3.05, 3.63) is 35.9 Å². The van der Waals surface area contributed by atoms with Gasteiger partial charge in [0, 0.05) is 12.5 Å². The maximum absolute atomic E-state index is 12.2. The summed E-state index contributed by atoms with van der Waals surface area (Å²) in [6, 6.07) is 10.1. The summed E-state index contributed by atoms with van der Waals surface area (Å²) in [6.07, 6.45) is 3.37. The minimum Gasteiger partial charge on any atom is -0.481 e. The topological polar surface area (TPSA) is 66.4 Å². The lowest BCUT2D eigenvalue weighted by molar-refractivity contribution is -0.141. The number of carbonyl (C=O) groups excluding carboxylic acids is 1. The molecule has 114 valence electrons. The molecule has 1 aromatic carbocycles. The van der Waals surface area contributed by atoms with Crippen LogP contribution in [0.25, 0.3) is 0 Å². The SMILES string of the molecule is CCC(CC(=O)N[C@@H]1CC[C@H](C(=O)O)C1)c1ccccc1. The van der Waals surface area contributed by atoms with Crippen LogP contribution in [0.4, 0.5) is 0 Å². The largest absolute Gasteiger partial charge is 0.481 e. The van der Waals surface area contributed by atoms with E-state index in [0.717, 1.165) is 12.8 Å². The van der Waals surface area contributed by atoms with Gasteiger partial charge in [-0.25, -0.2) is 0 Å². The van der Waals surface area contributed by atoms with Crippen LogP contribution >= 0.6 is 0 Å². The van der Waals surface area contributed by atoms with Gasteiger partial charge < -0.3 is 10.4 Å². The average molecular weight is 289 g/mol. The van der Waals surface area contributed by atoms with Crippen molar-refractivity contribution >= 4 is 11.9 Å². The van der Waals surface area contributed by atoms with Crippen LogP contribution in [0, 0.1) is 5.92 Å². The zero-order chi connectivity index (χ0) is 15.2. The molecule has 0 aliphatic heterocycles. The minimum absolute atomic E-state index is 0.0203. The van der Waals surface area contributed by atoms with Crippen molar-refractivity contribution in [2.24, 2.45) is 5.92 Å². The molecule has 1 fully saturated rings. The minimum atomic E-state index is -0.748. The molecular weight excluding hydrogens is 266 g/mol. The van der Waals surface area contributed by atoms with Crippen LogP contribution in [0.1, 0.15) is 50.5 Å². The van der Waals surface area contributed by atoms with Crippen molar-refractivity contribution in [3.63, 3.8) is 0 Å².